The summed E-state index contributed by atoms with van der Waals surface area (Å²) < 4.78 is 5.45. The molecule has 2 N–H and O–H groups in total. The van der Waals surface area contributed by atoms with Crippen molar-refractivity contribution in [2.24, 2.45) is 5.92 Å². The molecule has 6 nitrogen and oxygen atoms in total. The lowest BCUT2D eigenvalue weighted by Gasteiger charge is -2.31. The average Bonchev–Trinajstić information content (AvgIpc) is 3.11. The number of hydrogen-bond acceptors (Lipinski definition) is 5. The summed E-state index contributed by atoms with van der Waals surface area (Å²) in [5.74, 6) is -0.115. The lowest BCUT2D eigenvalue weighted by Crippen LogP contribution is -2.43. The summed E-state index contributed by atoms with van der Waals surface area (Å²) in [4.78, 5) is 19.6. The van der Waals surface area contributed by atoms with Gasteiger partial charge in [0.25, 0.3) is 5.91 Å². The van der Waals surface area contributed by atoms with Crippen molar-refractivity contribution in [3.8, 4) is 0 Å². The lowest BCUT2D eigenvalue weighted by atomic mass is 10.0. The van der Waals surface area contributed by atoms with E-state index < -0.39 is 0 Å². The van der Waals surface area contributed by atoms with E-state index in [1.54, 1.807) is 6.20 Å². The average molecular weight is 355 g/mol. The van der Waals surface area contributed by atoms with E-state index in [9.17, 15) is 9.90 Å². The molecule has 3 heterocycles. The number of aliphatic hydroxyl groups is 1. The number of nitrogens with zero attached hydrogens (tertiary/aromatic N) is 2. The van der Waals surface area contributed by atoms with E-state index in [2.05, 4.69) is 15.2 Å². The van der Waals surface area contributed by atoms with E-state index in [1.165, 1.54) is 0 Å². The summed E-state index contributed by atoms with van der Waals surface area (Å²) in [6.45, 7) is 3.25. The van der Waals surface area contributed by atoms with Crippen molar-refractivity contribution in [2.45, 2.75) is 24.9 Å². The molecule has 4 rings (SSSR count). The second-order valence-corrected chi connectivity index (χ2v) is 7.20. The highest BCUT2D eigenvalue weighted by molar-refractivity contribution is 6.05. The monoisotopic (exact) mass is 355 g/mol. The summed E-state index contributed by atoms with van der Waals surface area (Å²) in [6, 6.07) is 10.1. The Morgan fingerprint density at radius 2 is 2.04 bits per heavy atom. The zero-order valence-electron chi connectivity index (χ0n) is 14.8. The first kappa shape index (κ1) is 17.4. The van der Waals surface area contributed by atoms with Crippen LogP contribution in [0.5, 0.6) is 0 Å². The molecule has 0 bridgehead atoms. The molecule has 2 atom stereocenters. The number of fused-ring (bicyclic) bond motifs is 1. The van der Waals surface area contributed by atoms with Gasteiger partial charge in [-0.1, -0.05) is 24.3 Å². The summed E-state index contributed by atoms with van der Waals surface area (Å²) in [6.07, 6.45) is 3.71. The van der Waals surface area contributed by atoms with Gasteiger partial charge in [0.2, 0.25) is 0 Å². The van der Waals surface area contributed by atoms with E-state index in [4.69, 9.17) is 4.74 Å². The normalized spacial score (nSPS) is 24.8. The van der Waals surface area contributed by atoms with Crippen molar-refractivity contribution in [2.75, 3.05) is 32.9 Å². The molecule has 0 aliphatic carbocycles. The number of carbonyl (C=O) groups excluding carboxylic acids is 1. The fourth-order valence-electron chi connectivity index (χ4n) is 4.14. The quantitative estimate of drug-likeness (QED) is 0.868. The van der Waals surface area contributed by atoms with E-state index in [1.807, 2.05) is 30.3 Å². The number of rotatable bonds is 4. The fraction of sp³-hybridized carbons (Fsp3) is 0.500. The third-order valence-corrected chi connectivity index (χ3v) is 5.62. The lowest BCUT2D eigenvalue weighted by molar-refractivity contribution is 0.0398. The van der Waals surface area contributed by atoms with Crippen molar-refractivity contribution in [3.63, 3.8) is 0 Å². The number of ether oxygens (including phenoxy) is 1. The predicted octanol–water partition coefficient (Wildman–Crippen LogP) is 1.44. The van der Waals surface area contributed by atoms with Crippen LogP contribution in [0.15, 0.2) is 36.5 Å². The SMILES string of the molecule is O=C(N[C@@H]1CN(C2CCOCC2)C[C@H]1CO)c1nccc2ccccc12. The van der Waals surface area contributed by atoms with Crippen molar-refractivity contribution in [3.05, 3.63) is 42.2 Å². The number of aromatic nitrogens is 1. The third kappa shape index (κ3) is 3.45. The van der Waals surface area contributed by atoms with Gasteiger partial charge >= 0.3 is 0 Å². The molecule has 1 aromatic carbocycles. The molecule has 0 spiro atoms. The summed E-state index contributed by atoms with van der Waals surface area (Å²) in [5, 5.41) is 14.8. The Balaban J connectivity index is 1.49. The fourth-order valence-corrected chi connectivity index (χ4v) is 4.14. The van der Waals surface area contributed by atoms with E-state index in [0.29, 0.717) is 11.7 Å². The van der Waals surface area contributed by atoms with Crippen molar-refractivity contribution in [1.82, 2.24) is 15.2 Å². The molecule has 6 heteroatoms. The predicted molar refractivity (Wildman–Crippen MR) is 99.0 cm³/mol. The standard InChI is InChI=1S/C20H25N3O3/c24-13-15-11-23(16-6-9-26-10-7-16)12-18(15)22-20(25)19-17-4-2-1-3-14(17)5-8-21-19/h1-5,8,15-16,18,24H,6-7,9-13H2,(H,22,25)/t15-,18+/m0/s1. The highest BCUT2D eigenvalue weighted by Crippen LogP contribution is 2.24. The number of aliphatic hydroxyl groups excluding tert-OH is 1. The summed E-state index contributed by atoms with van der Waals surface area (Å²) in [7, 11) is 0. The van der Waals surface area contributed by atoms with Crippen LogP contribution >= 0.6 is 0 Å². The highest BCUT2D eigenvalue weighted by Gasteiger charge is 2.37. The molecular formula is C20H25N3O3. The van der Waals surface area contributed by atoms with Gasteiger partial charge in [-0.3, -0.25) is 14.7 Å². The Morgan fingerprint density at radius 3 is 2.85 bits per heavy atom. The van der Waals surface area contributed by atoms with Gasteiger partial charge in [0.15, 0.2) is 0 Å². The van der Waals surface area contributed by atoms with Crippen LogP contribution in [0.1, 0.15) is 23.3 Å². The molecule has 0 radical (unpaired) electrons. The smallest absolute Gasteiger partial charge is 0.270 e. The number of amides is 1. The Bertz CT molecular complexity index is 770. The van der Waals surface area contributed by atoms with Crippen LogP contribution in [0, 0.1) is 5.92 Å². The van der Waals surface area contributed by atoms with Crippen LogP contribution in [0.4, 0.5) is 0 Å². The largest absolute Gasteiger partial charge is 0.396 e. The molecule has 1 amide bonds. The Kier molecular flexibility index (Phi) is 5.15. The highest BCUT2D eigenvalue weighted by atomic mass is 16.5. The van der Waals surface area contributed by atoms with Crippen LogP contribution in [0.2, 0.25) is 0 Å². The maximum absolute atomic E-state index is 12.9. The molecule has 2 aromatic rings. The zero-order chi connectivity index (χ0) is 17.9. The van der Waals surface area contributed by atoms with Crippen LogP contribution < -0.4 is 5.32 Å². The minimum Gasteiger partial charge on any atom is -0.396 e. The van der Waals surface area contributed by atoms with E-state index in [-0.39, 0.29) is 24.5 Å². The number of benzene rings is 1. The molecule has 0 saturated carbocycles. The number of likely N-dealkylation sites (tertiary alicyclic amines) is 1. The van der Waals surface area contributed by atoms with Gasteiger partial charge < -0.3 is 15.2 Å². The van der Waals surface area contributed by atoms with Gasteiger partial charge in [-0.2, -0.15) is 0 Å². The van der Waals surface area contributed by atoms with Crippen LogP contribution in [0.25, 0.3) is 10.8 Å². The first-order chi connectivity index (χ1) is 12.8. The third-order valence-electron chi connectivity index (χ3n) is 5.62. The molecule has 26 heavy (non-hydrogen) atoms. The van der Waals surface area contributed by atoms with E-state index in [0.717, 1.165) is 49.9 Å². The van der Waals surface area contributed by atoms with Crippen LogP contribution in [-0.4, -0.2) is 65.9 Å². The van der Waals surface area contributed by atoms with Gasteiger partial charge in [0.1, 0.15) is 5.69 Å². The molecule has 1 aromatic heterocycles. The molecule has 2 aliphatic heterocycles. The van der Waals surface area contributed by atoms with Gasteiger partial charge in [-0.05, 0) is 24.3 Å². The number of nitrogens with one attached hydrogen (secondary N) is 1. The second-order valence-electron chi connectivity index (χ2n) is 7.20. The zero-order valence-corrected chi connectivity index (χ0v) is 14.8. The Hall–Kier alpha value is -2.02. The van der Waals surface area contributed by atoms with Gasteiger partial charge in [-0.15, -0.1) is 0 Å². The minimum atomic E-state index is -0.168. The number of carbonyl (C=O) groups is 1. The maximum Gasteiger partial charge on any atom is 0.270 e. The molecule has 2 aliphatic rings. The van der Waals surface area contributed by atoms with Crippen molar-refractivity contribution in [1.29, 1.82) is 0 Å². The van der Waals surface area contributed by atoms with Crippen molar-refractivity contribution >= 4 is 16.7 Å². The first-order valence-corrected chi connectivity index (χ1v) is 9.33. The summed E-state index contributed by atoms with van der Waals surface area (Å²) >= 11 is 0. The number of hydrogen-bond donors (Lipinski definition) is 2. The molecular weight excluding hydrogens is 330 g/mol. The van der Waals surface area contributed by atoms with Crippen LogP contribution in [-0.2, 0) is 4.74 Å². The first-order valence-electron chi connectivity index (χ1n) is 9.33. The van der Waals surface area contributed by atoms with E-state index >= 15 is 0 Å². The second kappa shape index (κ2) is 7.70. The Morgan fingerprint density at radius 1 is 1.23 bits per heavy atom. The molecule has 2 fully saturated rings. The molecule has 0 unspecified atom stereocenters. The van der Waals surface area contributed by atoms with Gasteiger partial charge in [0.05, 0.1) is 0 Å². The van der Waals surface area contributed by atoms with Gasteiger partial charge in [0, 0.05) is 62.5 Å². The number of pyridine rings is 1. The van der Waals surface area contributed by atoms with Crippen molar-refractivity contribution < 1.29 is 14.6 Å². The van der Waals surface area contributed by atoms with Gasteiger partial charge in [-0.25, -0.2) is 0 Å². The minimum absolute atomic E-state index is 0.0526. The topological polar surface area (TPSA) is 74.7 Å². The molecule has 138 valence electrons. The maximum atomic E-state index is 12.9. The summed E-state index contributed by atoms with van der Waals surface area (Å²) in [5.41, 5.74) is 0.448. The Labute approximate surface area is 153 Å². The van der Waals surface area contributed by atoms with Crippen LogP contribution in [0.3, 0.4) is 0 Å². The molecule has 2 saturated heterocycles.